The maximum Gasteiger partial charge on any atom is 0.131 e. The summed E-state index contributed by atoms with van der Waals surface area (Å²) in [7, 11) is 0. The molecule has 0 aromatic heterocycles. The monoisotopic (exact) mass is 665 g/mol. The van der Waals surface area contributed by atoms with Gasteiger partial charge in [-0.15, -0.1) is 0 Å². The highest BCUT2D eigenvalue weighted by Gasteiger charge is 2.27. The van der Waals surface area contributed by atoms with Crippen molar-refractivity contribution in [2.75, 3.05) is 0 Å². The quantitative estimate of drug-likeness (QED) is 0.142. The minimum absolute atomic E-state index is 0.127. The summed E-state index contributed by atoms with van der Waals surface area (Å²) < 4.78 is 0. The molecule has 52 heavy (non-hydrogen) atoms. The molecule has 2 atom stereocenters. The van der Waals surface area contributed by atoms with Gasteiger partial charge in [-0.1, -0.05) is 176 Å². The van der Waals surface area contributed by atoms with E-state index in [1.807, 2.05) is 0 Å². The molecule has 0 amide bonds. The molecule has 0 saturated carbocycles. The van der Waals surface area contributed by atoms with Gasteiger partial charge in [-0.25, -0.2) is 4.99 Å². The SMILES string of the molecule is c1ccc(C2NC(c3ccc(-c4c5ccccc5cc5c4ccc4ccccc45)cc3)=NC(c3ccccc3-c3ccc4ccccc4c3)N2)cc1. The minimum atomic E-state index is -0.265. The van der Waals surface area contributed by atoms with Crippen LogP contribution in [-0.2, 0) is 0 Å². The lowest BCUT2D eigenvalue weighted by Gasteiger charge is -2.33. The third-order valence-electron chi connectivity index (χ3n) is 10.5. The maximum absolute atomic E-state index is 5.38. The first-order chi connectivity index (χ1) is 25.8. The summed E-state index contributed by atoms with van der Waals surface area (Å²) in [6.45, 7) is 0. The topological polar surface area (TPSA) is 36.4 Å². The van der Waals surface area contributed by atoms with E-state index in [2.05, 4.69) is 199 Å². The first-order valence-corrected chi connectivity index (χ1v) is 17.9. The van der Waals surface area contributed by atoms with E-state index in [1.165, 1.54) is 65.3 Å². The number of benzene rings is 9. The average molecular weight is 666 g/mol. The van der Waals surface area contributed by atoms with Crippen molar-refractivity contribution in [2.45, 2.75) is 12.3 Å². The average Bonchev–Trinajstić information content (AvgIpc) is 3.23. The highest BCUT2D eigenvalue weighted by atomic mass is 15.3. The number of fused-ring (bicyclic) bond motifs is 5. The lowest BCUT2D eigenvalue weighted by atomic mass is 9.89. The molecular weight excluding hydrogens is 631 g/mol. The first kappa shape index (κ1) is 30.3. The van der Waals surface area contributed by atoms with Crippen LogP contribution in [0, 0.1) is 0 Å². The van der Waals surface area contributed by atoms with Crippen molar-refractivity contribution in [3.8, 4) is 22.3 Å². The van der Waals surface area contributed by atoms with Crippen LogP contribution in [0.2, 0.25) is 0 Å². The standard InChI is InChI=1S/C49H35N3/c1-2-14-35(15-3-1)47-50-48(52-49(51-47)44-21-11-10-19-41(44)39-27-22-32-12-4-5-16-37(32)30-39)36-25-23-34(24-26-36)46-42-20-9-7-17-38(42)31-45-40-18-8-6-13-33(40)28-29-43(45)46/h1-31,47,49,51H,(H,50,52). The molecule has 0 spiro atoms. The van der Waals surface area contributed by atoms with Crippen LogP contribution in [0.15, 0.2) is 193 Å². The van der Waals surface area contributed by atoms with E-state index >= 15 is 0 Å². The Bertz CT molecular complexity index is 2800. The van der Waals surface area contributed by atoms with Crippen molar-refractivity contribution < 1.29 is 0 Å². The van der Waals surface area contributed by atoms with E-state index in [9.17, 15) is 0 Å². The number of rotatable bonds is 5. The van der Waals surface area contributed by atoms with Gasteiger partial charge < -0.3 is 5.32 Å². The Kier molecular flexibility index (Phi) is 7.37. The van der Waals surface area contributed by atoms with Gasteiger partial charge in [0.2, 0.25) is 0 Å². The van der Waals surface area contributed by atoms with Crippen LogP contribution in [-0.4, -0.2) is 5.84 Å². The highest BCUT2D eigenvalue weighted by molar-refractivity contribution is 6.20. The predicted octanol–water partition coefficient (Wildman–Crippen LogP) is 12.0. The van der Waals surface area contributed by atoms with Gasteiger partial charge in [0.25, 0.3) is 0 Å². The molecule has 0 saturated heterocycles. The fourth-order valence-electron chi connectivity index (χ4n) is 7.96. The van der Waals surface area contributed by atoms with Gasteiger partial charge in [0.15, 0.2) is 0 Å². The molecule has 2 unspecified atom stereocenters. The van der Waals surface area contributed by atoms with Crippen molar-refractivity contribution >= 4 is 48.9 Å². The smallest absolute Gasteiger partial charge is 0.131 e. The number of nitrogens with one attached hydrogen (secondary N) is 2. The Morgan fingerprint density at radius 3 is 1.88 bits per heavy atom. The predicted molar refractivity (Wildman–Crippen MR) is 219 cm³/mol. The Morgan fingerprint density at radius 2 is 1.04 bits per heavy atom. The molecule has 0 bridgehead atoms. The van der Waals surface area contributed by atoms with E-state index in [0.717, 1.165) is 22.5 Å². The van der Waals surface area contributed by atoms with E-state index < -0.39 is 0 Å². The molecule has 0 radical (unpaired) electrons. The Morgan fingerprint density at radius 1 is 0.404 bits per heavy atom. The summed E-state index contributed by atoms with van der Waals surface area (Å²) in [5.41, 5.74) is 8.16. The molecule has 1 aliphatic heterocycles. The highest BCUT2D eigenvalue weighted by Crippen LogP contribution is 2.40. The summed E-state index contributed by atoms with van der Waals surface area (Å²) in [4.78, 5) is 5.38. The molecule has 246 valence electrons. The third-order valence-corrected chi connectivity index (χ3v) is 10.5. The maximum atomic E-state index is 5.38. The Hall–Kier alpha value is -6.55. The third kappa shape index (κ3) is 5.31. The van der Waals surface area contributed by atoms with Crippen LogP contribution in [0.25, 0.3) is 65.3 Å². The second kappa shape index (κ2) is 12.6. The fraction of sp³-hybridized carbons (Fsp3) is 0.0408. The summed E-state index contributed by atoms with van der Waals surface area (Å²) in [6.07, 6.45) is -0.391. The Balaban J connectivity index is 1.09. The molecule has 0 aliphatic carbocycles. The first-order valence-electron chi connectivity index (χ1n) is 17.9. The number of hydrogen-bond acceptors (Lipinski definition) is 3. The van der Waals surface area contributed by atoms with Crippen molar-refractivity contribution in [1.82, 2.24) is 10.6 Å². The molecule has 10 rings (SSSR count). The van der Waals surface area contributed by atoms with Gasteiger partial charge >= 0.3 is 0 Å². The van der Waals surface area contributed by atoms with Crippen LogP contribution < -0.4 is 10.6 Å². The summed E-state index contributed by atoms with van der Waals surface area (Å²) >= 11 is 0. The number of amidine groups is 1. The molecule has 1 aliphatic rings. The summed E-state index contributed by atoms with van der Waals surface area (Å²) in [6, 6.07) is 67.7. The van der Waals surface area contributed by atoms with Gasteiger partial charge in [-0.3, -0.25) is 5.32 Å². The van der Waals surface area contributed by atoms with Crippen LogP contribution in [0.3, 0.4) is 0 Å². The lowest BCUT2D eigenvalue weighted by molar-refractivity contribution is 0.409. The van der Waals surface area contributed by atoms with E-state index in [0.29, 0.717) is 0 Å². The van der Waals surface area contributed by atoms with Crippen LogP contribution >= 0.6 is 0 Å². The molecule has 1 heterocycles. The van der Waals surface area contributed by atoms with E-state index in [1.54, 1.807) is 0 Å². The number of nitrogens with zero attached hydrogens (tertiary/aromatic N) is 1. The van der Waals surface area contributed by atoms with Crippen molar-refractivity contribution in [3.05, 3.63) is 205 Å². The zero-order valence-corrected chi connectivity index (χ0v) is 28.5. The normalized spacial score (nSPS) is 15.9. The molecule has 9 aromatic rings. The molecule has 2 N–H and O–H groups in total. The lowest BCUT2D eigenvalue weighted by Crippen LogP contribution is -2.45. The van der Waals surface area contributed by atoms with Crippen LogP contribution in [0.4, 0.5) is 0 Å². The second-order valence-electron chi connectivity index (χ2n) is 13.6. The van der Waals surface area contributed by atoms with Crippen molar-refractivity contribution in [3.63, 3.8) is 0 Å². The largest absolute Gasteiger partial charge is 0.350 e. The van der Waals surface area contributed by atoms with Gasteiger partial charge in [-0.2, -0.15) is 0 Å². The van der Waals surface area contributed by atoms with Gasteiger partial charge in [0, 0.05) is 5.56 Å². The van der Waals surface area contributed by atoms with Gasteiger partial charge in [0.1, 0.15) is 18.2 Å². The van der Waals surface area contributed by atoms with Crippen molar-refractivity contribution in [1.29, 1.82) is 0 Å². The second-order valence-corrected chi connectivity index (χ2v) is 13.6. The van der Waals surface area contributed by atoms with Gasteiger partial charge in [-0.05, 0) is 88.6 Å². The van der Waals surface area contributed by atoms with Gasteiger partial charge in [0.05, 0.1) is 0 Å². The summed E-state index contributed by atoms with van der Waals surface area (Å²) in [5.74, 6) is 0.867. The molecule has 9 aromatic carbocycles. The number of hydrogen-bond donors (Lipinski definition) is 2. The molecule has 3 heteroatoms. The van der Waals surface area contributed by atoms with Crippen LogP contribution in [0.1, 0.15) is 29.0 Å². The van der Waals surface area contributed by atoms with Crippen molar-refractivity contribution in [2.24, 2.45) is 4.99 Å². The number of aliphatic imine (C=N–C) groups is 1. The van der Waals surface area contributed by atoms with Crippen LogP contribution in [0.5, 0.6) is 0 Å². The molecule has 0 fully saturated rings. The zero-order valence-electron chi connectivity index (χ0n) is 28.5. The van der Waals surface area contributed by atoms with E-state index in [4.69, 9.17) is 4.99 Å². The fourth-order valence-corrected chi connectivity index (χ4v) is 7.96. The Labute approximate surface area is 302 Å². The minimum Gasteiger partial charge on any atom is -0.350 e. The molecule has 3 nitrogen and oxygen atoms in total. The molecular formula is C49H35N3. The zero-order chi connectivity index (χ0) is 34.4. The summed E-state index contributed by atoms with van der Waals surface area (Å²) in [5, 5.41) is 17.6. The van der Waals surface area contributed by atoms with E-state index in [-0.39, 0.29) is 12.3 Å².